The van der Waals surface area contributed by atoms with Crippen LogP contribution in [0.15, 0.2) is 30.6 Å². The summed E-state index contributed by atoms with van der Waals surface area (Å²) in [5.74, 6) is -0.551. The number of halogens is 2. The van der Waals surface area contributed by atoms with E-state index >= 15 is 0 Å². The van der Waals surface area contributed by atoms with Crippen LogP contribution in [0.4, 0.5) is 15.9 Å². The van der Waals surface area contributed by atoms with Crippen LogP contribution in [-0.4, -0.2) is 34.4 Å². The smallest absolute Gasteiger partial charge is 0.224 e. The van der Waals surface area contributed by atoms with Gasteiger partial charge in [0.15, 0.2) is 11.6 Å². The zero-order chi connectivity index (χ0) is 18.7. The van der Waals surface area contributed by atoms with Gasteiger partial charge < -0.3 is 10.1 Å². The molecule has 0 unspecified atom stereocenters. The first kappa shape index (κ1) is 18.7. The van der Waals surface area contributed by atoms with Gasteiger partial charge in [0, 0.05) is 20.1 Å². The lowest BCUT2D eigenvalue weighted by atomic mass is 10.2. The van der Waals surface area contributed by atoms with Crippen LogP contribution < -0.4 is 5.32 Å². The third kappa shape index (κ3) is 4.57. The molecule has 2 aromatic heterocycles. The van der Waals surface area contributed by atoms with Crippen molar-refractivity contribution in [1.82, 2.24) is 19.7 Å². The Morgan fingerprint density at radius 3 is 2.85 bits per heavy atom. The quantitative estimate of drug-likeness (QED) is 0.359. The van der Waals surface area contributed by atoms with E-state index in [1.54, 1.807) is 10.9 Å². The van der Waals surface area contributed by atoms with Crippen LogP contribution >= 0.6 is 11.6 Å². The average molecular weight is 394 g/mol. The van der Waals surface area contributed by atoms with Crippen molar-refractivity contribution in [2.75, 3.05) is 11.9 Å². The van der Waals surface area contributed by atoms with E-state index in [0.717, 1.165) is 29.8 Å². The summed E-state index contributed by atoms with van der Waals surface area (Å²) in [6.45, 7) is 8.05. The molecular formula is C17H21ClFN5OSi. The van der Waals surface area contributed by atoms with Gasteiger partial charge in [0.2, 0.25) is 5.28 Å². The molecule has 0 atom stereocenters. The number of hydrogen-bond donors (Lipinski definition) is 1. The molecule has 3 rings (SSSR count). The second kappa shape index (κ2) is 7.69. The van der Waals surface area contributed by atoms with E-state index in [4.69, 9.17) is 16.3 Å². The number of nitrogens with zero attached hydrogens (tertiary/aromatic N) is 4. The van der Waals surface area contributed by atoms with Gasteiger partial charge in [-0.15, -0.1) is 0 Å². The van der Waals surface area contributed by atoms with E-state index in [9.17, 15) is 4.39 Å². The van der Waals surface area contributed by atoms with Crippen molar-refractivity contribution < 1.29 is 9.13 Å². The summed E-state index contributed by atoms with van der Waals surface area (Å²) in [7, 11) is -1.12. The molecule has 0 spiro atoms. The molecule has 0 fully saturated rings. The standard InChI is InChI=1S/C17H21ClFN5OSi/c1-26(2,3)8-7-25-11-24-15-6-4-5-14(12(15)9-21-24)22-16-13(19)10-20-17(18)23-16/h4-6,9-10H,7-8,11H2,1-3H3,(H,20,22,23). The lowest BCUT2D eigenvalue weighted by Gasteiger charge is -2.15. The van der Waals surface area contributed by atoms with Crippen LogP contribution in [0.1, 0.15) is 0 Å². The topological polar surface area (TPSA) is 64.9 Å². The Balaban J connectivity index is 1.77. The van der Waals surface area contributed by atoms with Crippen molar-refractivity contribution in [3.63, 3.8) is 0 Å². The summed E-state index contributed by atoms with van der Waals surface area (Å²) in [6, 6.07) is 6.74. The van der Waals surface area contributed by atoms with Gasteiger partial charge in [-0.2, -0.15) is 10.1 Å². The molecule has 0 saturated heterocycles. The number of hydrogen-bond acceptors (Lipinski definition) is 5. The van der Waals surface area contributed by atoms with Gasteiger partial charge in [0.1, 0.15) is 6.73 Å². The Morgan fingerprint density at radius 1 is 1.27 bits per heavy atom. The van der Waals surface area contributed by atoms with Gasteiger partial charge in [-0.05, 0) is 29.8 Å². The van der Waals surface area contributed by atoms with Crippen LogP contribution in [0.2, 0.25) is 31.0 Å². The zero-order valence-corrected chi connectivity index (χ0v) is 16.7. The molecule has 0 aliphatic heterocycles. The predicted octanol–water partition coefficient (Wildman–Crippen LogP) is 4.67. The molecule has 0 aliphatic rings. The summed E-state index contributed by atoms with van der Waals surface area (Å²) in [6.07, 6.45) is 2.76. The van der Waals surface area contributed by atoms with Gasteiger partial charge in [0.25, 0.3) is 0 Å². The van der Waals surface area contributed by atoms with Gasteiger partial charge in [0.05, 0.1) is 23.6 Å². The summed E-state index contributed by atoms with van der Waals surface area (Å²) in [5, 5.41) is 8.16. The Kier molecular flexibility index (Phi) is 5.54. The maximum absolute atomic E-state index is 13.9. The minimum atomic E-state index is -1.12. The molecule has 6 nitrogen and oxygen atoms in total. The van der Waals surface area contributed by atoms with Gasteiger partial charge in [-0.25, -0.2) is 14.1 Å². The largest absolute Gasteiger partial charge is 0.360 e. The van der Waals surface area contributed by atoms with Crippen molar-refractivity contribution in [3.8, 4) is 0 Å². The summed E-state index contributed by atoms with van der Waals surface area (Å²) >= 11 is 5.75. The first-order valence-corrected chi connectivity index (χ1v) is 12.4. The van der Waals surface area contributed by atoms with Gasteiger partial charge >= 0.3 is 0 Å². The fourth-order valence-electron chi connectivity index (χ4n) is 2.41. The van der Waals surface area contributed by atoms with Crippen LogP contribution in [0.3, 0.4) is 0 Å². The Hall–Kier alpha value is -2.03. The number of fused-ring (bicyclic) bond motifs is 1. The molecule has 3 aromatic rings. The molecule has 0 saturated carbocycles. The van der Waals surface area contributed by atoms with Crippen molar-refractivity contribution in [2.24, 2.45) is 0 Å². The van der Waals surface area contributed by atoms with Crippen LogP contribution in [0, 0.1) is 5.82 Å². The number of aromatic nitrogens is 4. The number of benzene rings is 1. The van der Waals surface area contributed by atoms with Gasteiger partial charge in [-0.1, -0.05) is 25.7 Å². The normalized spacial score (nSPS) is 11.9. The third-order valence-electron chi connectivity index (χ3n) is 3.87. The molecule has 138 valence electrons. The van der Waals surface area contributed by atoms with E-state index in [0.29, 0.717) is 12.4 Å². The fourth-order valence-corrected chi connectivity index (χ4v) is 3.30. The maximum Gasteiger partial charge on any atom is 0.224 e. The SMILES string of the molecule is C[Si](C)(C)CCOCn1ncc2c(Nc3nc(Cl)ncc3F)cccc21. The monoisotopic (exact) mass is 393 g/mol. The predicted molar refractivity (Wildman–Crippen MR) is 104 cm³/mol. The Morgan fingerprint density at radius 2 is 2.08 bits per heavy atom. The number of ether oxygens (including phenoxy) is 1. The highest BCUT2D eigenvalue weighted by Gasteiger charge is 2.13. The molecule has 0 aliphatic carbocycles. The second-order valence-corrected chi connectivity index (χ2v) is 13.2. The Labute approximate surface area is 157 Å². The second-order valence-electron chi connectivity index (χ2n) is 7.19. The minimum Gasteiger partial charge on any atom is -0.360 e. The molecule has 2 heterocycles. The average Bonchev–Trinajstić information content (AvgIpc) is 2.98. The molecule has 9 heteroatoms. The summed E-state index contributed by atoms with van der Waals surface area (Å²) in [5.41, 5.74) is 1.58. The molecule has 0 amide bonds. The first-order chi connectivity index (χ1) is 12.3. The third-order valence-corrected chi connectivity index (χ3v) is 5.75. The van der Waals surface area contributed by atoms with Crippen LogP contribution in [-0.2, 0) is 11.5 Å². The highest BCUT2D eigenvalue weighted by atomic mass is 35.5. The van der Waals surface area contributed by atoms with E-state index in [-0.39, 0.29) is 11.1 Å². The van der Waals surface area contributed by atoms with Gasteiger partial charge in [-0.3, -0.25) is 0 Å². The highest BCUT2D eigenvalue weighted by Crippen LogP contribution is 2.27. The molecule has 0 radical (unpaired) electrons. The first-order valence-electron chi connectivity index (χ1n) is 8.31. The van der Waals surface area contributed by atoms with Crippen molar-refractivity contribution in [1.29, 1.82) is 0 Å². The fraction of sp³-hybridized carbons (Fsp3) is 0.353. The lowest BCUT2D eigenvalue weighted by Crippen LogP contribution is -2.22. The summed E-state index contributed by atoms with van der Waals surface area (Å²) in [4.78, 5) is 7.50. The Bertz CT molecular complexity index is 912. The number of anilines is 2. The van der Waals surface area contributed by atoms with Crippen molar-refractivity contribution >= 4 is 42.1 Å². The maximum atomic E-state index is 13.9. The van der Waals surface area contributed by atoms with E-state index in [2.05, 4.69) is 40.0 Å². The van der Waals surface area contributed by atoms with Crippen molar-refractivity contribution in [3.05, 3.63) is 41.7 Å². The minimum absolute atomic E-state index is 0.0208. The molecular weight excluding hydrogens is 373 g/mol. The van der Waals surface area contributed by atoms with E-state index in [1.807, 2.05) is 18.2 Å². The summed E-state index contributed by atoms with van der Waals surface area (Å²) < 4.78 is 21.4. The number of rotatable bonds is 7. The van der Waals surface area contributed by atoms with E-state index in [1.165, 1.54) is 0 Å². The lowest BCUT2D eigenvalue weighted by molar-refractivity contribution is 0.0817. The molecule has 1 aromatic carbocycles. The molecule has 1 N–H and O–H groups in total. The van der Waals surface area contributed by atoms with Crippen molar-refractivity contribution in [2.45, 2.75) is 32.4 Å². The molecule has 26 heavy (non-hydrogen) atoms. The van der Waals surface area contributed by atoms with E-state index < -0.39 is 13.9 Å². The van der Waals surface area contributed by atoms with Crippen LogP contribution in [0.25, 0.3) is 10.9 Å². The molecule has 0 bridgehead atoms. The van der Waals surface area contributed by atoms with Crippen LogP contribution in [0.5, 0.6) is 0 Å². The zero-order valence-electron chi connectivity index (χ0n) is 15.0. The number of nitrogens with one attached hydrogen (secondary N) is 1. The highest BCUT2D eigenvalue weighted by molar-refractivity contribution is 6.76.